The van der Waals surface area contributed by atoms with Crippen LogP contribution in [-0.4, -0.2) is 11.5 Å². The van der Waals surface area contributed by atoms with Crippen molar-refractivity contribution in [1.29, 1.82) is 5.26 Å². The summed E-state index contributed by atoms with van der Waals surface area (Å²) in [5, 5.41) is 8.70. The molecule has 0 N–H and O–H groups in total. The SMILES string of the molecule is N#CCCN(c1ccccc1)c1ccc(F)cn1. The van der Waals surface area contributed by atoms with Gasteiger partial charge in [-0.25, -0.2) is 9.37 Å². The highest BCUT2D eigenvalue weighted by Gasteiger charge is 2.09. The van der Waals surface area contributed by atoms with Crippen molar-refractivity contribution in [2.24, 2.45) is 0 Å². The second kappa shape index (κ2) is 5.78. The average Bonchev–Trinajstić information content (AvgIpc) is 2.42. The van der Waals surface area contributed by atoms with Gasteiger partial charge in [0.05, 0.1) is 18.7 Å². The van der Waals surface area contributed by atoms with Crippen LogP contribution in [0.4, 0.5) is 15.9 Å². The lowest BCUT2D eigenvalue weighted by Gasteiger charge is -2.22. The molecule has 0 saturated heterocycles. The molecule has 90 valence electrons. The van der Waals surface area contributed by atoms with Crippen molar-refractivity contribution < 1.29 is 4.39 Å². The summed E-state index contributed by atoms with van der Waals surface area (Å²) in [5.41, 5.74) is 0.937. The number of aromatic nitrogens is 1. The van der Waals surface area contributed by atoms with Crippen LogP contribution in [0.2, 0.25) is 0 Å². The van der Waals surface area contributed by atoms with Gasteiger partial charge in [0.15, 0.2) is 0 Å². The number of nitriles is 1. The van der Waals surface area contributed by atoms with E-state index in [0.29, 0.717) is 18.8 Å². The Bertz CT molecular complexity index is 531. The zero-order chi connectivity index (χ0) is 12.8. The maximum absolute atomic E-state index is 12.9. The molecule has 0 atom stereocenters. The molecule has 1 aromatic heterocycles. The fraction of sp³-hybridized carbons (Fsp3) is 0.143. The normalized spacial score (nSPS) is 9.78. The third-order valence-electron chi connectivity index (χ3n) is 2.50. The molecule has 0 aliphatic heterocycles. The van der Waals surface area contributed by atoms with E-state index in [1.165, 1.54) is 12.3 Å². The van der Waals surface area contributed by atoms with Gasteiger partial charge in [-0.2, -0.15) is 5.26 Å². The van der Waals surface area contributed by atoms with E-state index in [1.807, 2.05) is 35.2 Å². The Balaban J connectivity index is 2.31. The largest absolute Gasteiger partial charge is 0.325 e. The molecule has 0 fully saturated rings. The van der Waals surface area contributed by atoms with Gasteiger partial charge in [0.2, 0.25) is 0 Å². The lowest BCUT2D eigenvalue weighted by atomic mass is 10.2. The third kappa shape index (κ3) is 2.83. The third-order valence-corrected chi connectivity index (χ3v) is 2.50. The summed E-state index contributed by atoms with van der Waals surface area (Å²) in [5.74, 6) is 0.268. The molecule has 18 heavy (non-hydrogen) atoms. The molecular weight excluding hydrogens is 229 g/mol. The number of hydrogen-bond donors (Lipinski definition) is 0. The van der Waals surface area contributed by atoms with Crippen molar-refractivity contribution in [3.05, 3.63) is 54.5 Å². The van der Waals surface area contributed by atoms with E-state index in [-0.39, 0.29) is 5.82 Å². The molecule has 1 aromatic carbocycles. The molecule has 4 heteroatoms. The number of pyridine rings is 1. The van der Waals surface area contributed by atoms with Crippen LogP contribution in [-0.2, 0) is 0 Å². The number of nitrogens with zero attached hydrogens (tertiary/aromatic N) is 3. The van der Waals surface area contributed by atoms with E-state index < -0.39 is 0 Å². The minimum absolute atomic E-state index is 0.368. The van der Waals surface area contributed by atoms with Crippen molar-refractivity contribution >= 4 is 11.5 Å². The zero-order valence-corrected chi connectivity index (χ0v) is 9.75. The molecule has 0 saturated carbocycles. The van der Waals surface area contributed by atoms with E-state index in [1.54, 1.807) is 6.07 Å². The molecule has 0 aliphatic rings. The molecule has 2 rings (SSSR count). The van der Waals surface area contributed by atoms with Crippen LogP contribution in [0, 0.1) is 17.1 Å². The second-order valence-electron chi connectivity index (χ2n) is 3.73. The van der Waals surface area contributed by atoms with Crippen LogP contribution in [0.3, 0.4) is 0 Å². The lowest BCUT2D eigenvalue weighted by molar-refractivity contribution is 0.621. The number of benzene rings is 1. The van der Waals surface area contributed by atoms with E-state index in [2.05, 4.69) is 11.1 Å². The number of halogens is 1. The van der Waals surface area contributed by atoms with Crippen LogP contribution in [0.5, 0.6) is 0 Å². The van der Waals surface area contributed by atoms with Crippen LogP contribution in [0.15, 0.2) is 48.7 Å². The highest BCUT2D eigenvalue weighted by atomic mass is 19.1. The van der Waals surface area contributed by atoms with Gasteiger partial charge in [-0.1, -0.05) is 18.2 Å². The smallest absolute Gasteiger partial charge is 0.141 e. The Morgan fingerprint density at radius 1 is 1.17 bits per heavy atom. The van der Waals surface area contributed by atoms with E-state index in [4.69, 9.17) is 5.26 Å². The van der Waals surface area contributed by atoms with Crippen molar-refractivity contribution in [2.45, 2.75) is 6.42 Å². The summed E-state index contributed by atoms with van der Waals surface area (Å²) in [7, 11) is 0. The number of anilines is 2. The maximum Gasteiger partial charge on any atom is 0.141 e. The molecule has 3 nitrogen and oxygen atoms in total. The van der Waals surface area contributed by atoms with Gasteiger partial charge in [-0.15, -0.1) is 0 Å². The highest BCUT2D eigenvalue weighted by molar-refractivity contribution is 5.59. The van der Waals surface area contributed by atoms with Crippen molar-refractivity contribution in [3.63, 3.8) is 0 Å². The van der Waals surface area contributed by atoms with Gasteiger partial charge in [-0.05, 0) is 24.3 Å². The van der Waals surface area contributed by atoms with Gasteiger partial charge in [0, 0.05) is 12.2 Å². The first kappa shape index (κ1) is 12.1. The van der Waals surface area contributed by atoms with Gasteiger partial charge in [-0.3, -0.25) is 0 Å². The van der Waals surface area contributed by atoms with Crippen molar-refractivity contribution in [3.8, 4) is 6.07 Å². The first-order chi connectivity index (χ1) is 8.81. The Kier molecular flexibility index (Phi) is 3.87. The maximum atomic E-state index is 12.9. The summed E-state index contributed by atoms with van der Waals surface area (Å²) in [6.45, 7) is 0.527. The number of para-hydroxylation sites is 1. The quantitative estimate of drug-likeness (QED) is 0.824. The van der Waals surface area contributed by atoms with Crippen molar-refractivity contribution in [1.82, 2.24) is 4.98 Å². The Labute approximate surface area is 105 Å². The topological polar surface area (TPSA) is 39.9 Å². The number of rotatable bonds is 4. The zero-order valence-electron chi connectivity index (χ0n) is 9.75. The van der Waals surface area contributed by atoms with Gasteiger partial charge in [0.1, 0.15) is 11.6 Å². The summed E-state index contributed by atoms with van der Waals surface area (Å²) >= 11 is 0. The molecule has 0 unspecified atom stereocenters. The first-order valence-corrected chi connectivity index (χ1v) is 5.62. The minimum Gasteiger partial charge on any atom is -0.325 e. The summed E-state index contributed by atoms with van der Waals surface area (Å²) in [4.78, 5) is 5.94. The Morgan fingerprint density at radius 3 is 2.56 bits per heavy atom. The number of hydrogen-bond acceptors (Lipinski definition) is 3. The molecule has 0 bridgehead atoms. The minimum atomic E-state index is -0.368. The average molecular weight is 241 g/mol. The molecule has 2 aromatic rings. The Morgan fingerprint density at radius 2 is 1.94 bits per heavy atom. The second-order valence-corrected chi connectivity index (χ2v) is 3.73. The van der Waals surface area contributed by atoms with Crippen LogP contribution in [0.25, 0.3) is 0 Å². The predicted molar refractivity (Wildman–Crippen MR) is 67.9 cm³/mol. The molecule has 1 heterocycles. The Hall–Kier alpha value is -2.41. The predicted octanol–water partition coefficient (Wildman–Crippen LogP) is 3.27. The molecule has 0 aliphatic carbocycles. The summed E-state index contributed by atoms with van der Waals surface area (Å²) < 4.78 is 12.9. The fourth-order valence-corrected chi connectivity index (χ4v) is 1.67. The summed E-state index contributed by atoms with van der Waals surface area (Å²) in [6.07, 6.45) is 1.56. The van der Waals surface area contributed by atoms with Crippen LogP contribution < -0.4 is 4.90 Å². The van der Waals surface area contributed by atoms with E-state index in [0.717, 1.165) is 5.69 Å². The monoisotopic (exact) mass is 241 g/mol. The van der Waals surface area contributed by atoms with E-state index >= 15 is 0 Å². The highest BCUT2D eigenvalue weighted by Crippen LogP contribution is 2.23. The first-order valence-electron chi connectivity index (χ1n) is 5.62. The lowest BCUT2D eigenvalue weighted by Crippen LogP contribution is -2.19. The van der Waals surface area contributed by atoms with Gasteiger partial charge in [0.25, 0.3) is 0 Å². The van der Waals surface area contributed by atoms with Gasteiger partial charge >= 0.3 is 0 Å². The van der Waals surface area contributed by atoms with Gasteiger partial charge < -0.3 is 4.90 Å². The van der Waals surface area contributed by atoms with E-state index in [9.17, 15) is 4.39 Å². The van der Waals surface area contributed by atoms with Crippen LogP contribution in [0.1, 0.15) is 6.42 Å². The molecule has 0 amide bonds. The summed E-state index contributed by atoms with van der Waals surface area (Å²) in [6, 6.07) is 14.7. The molecular formula is C14H12FN3. The fourth-order valence-electron chi connectivity index (χ4n) is 1.67. The molecule has 0 radical (unpaired) electrons. The van der Waals surface area contributed by atoms with Crippen molar-refractivity contribution in [2.75, 3.05) is 11.4 Å². The standard InChI is InChI=1S/C14H12FN3/c15-12-7-8-14(17-11-12)18(10-4-9-16)13-5-2-1-3-6-13/h1-3,5-8,11H,4,10H2. The van der Waals surface area contributed by atoms with Crippen LogP contribution >= 0.6 is 0 Å². The molecule has 0 spiro atoms.